The lowest BCUT2D eigenvalue weighted by Crippen LogP contribution is -2.37. The van der Waals surface area contributed by atoms with E-state index in [0.29, 0.717) is 43.2 Å². The highest BCUT2D eigenvalue weighted by molar-refractivity contribution is 7.99. The highest BCUT2D eigenvalue weighted by atomic mass is 32.2. The van der Waals surface area contributed by atoms with Crippen molar-refractivity contribution in [1.29, 1.82) is 0 Å². The second-order valence-electron chi connectivity index (χ2n) is 7.72. The topological polar surface area (TPSA) is 70.6 Å². The molecule has 0 atom stereocenters. The van der Waals surface area contributed by atoms with E-state index in [1.807, 2.05) is 0 Å². The van der Waals surface area contributed by atoms with Crippen LogP contribution in [0.5, 0.6) is 0 Å². The van der Waals surface area contributed by atoms with E-state index < -0.39 is 21.8 Å². The first-order chi connectivity index (χ1) is 15.2. The molecule has 11 heteroatoms. The van der Waals surface area contributed by atoms with Gasteiger partial charge in [0.15, 0.2) is 0 Å². The minimum atomic E-state index is -4.45. The van der Waals surface area contributed by atoms with E-state index >= 15 is 0 Å². The van der Waals surface area contributed by atoms with Crippen LogP contribution in [0.2, 0.25) is 0 Å². The molecule has 0 N–H and O–H groups in total. The zero-order valence-electron chi connectivity index (χ0n) is 17.1. The van der Waals surface area contributed by atoms with Gasteiger partial charge in [-0.15, -0.1) is 0 Å². The normalized spacial score (nSPS) is 17.4. The van der Waals surface area contributed by atoms with Gasteiger partial charge < -0.3 is 4.90 Å². The smallest absolute Gasteiger partial charge is 0.311 e. The molecule has 1 aromatic carbocycles. The molecular formula is C21H22F3N3O3S2. The van der Waals surface area contributed by atoms with Crippen LogP contribution in [0.25, 0.3) is 0 Å². The van der Waals surface area contributed by atoms with Gasteiger partial charge in [-0.05, 0) is 61.6 Å². The highest BCUT2D eigenvalue weighted by Gasteiger charge is 2.31. The molecule has 1 amide bonds. The lowest BCUT2D eigenvalue weighted by Gasteiger charge is -2.30. The number of amides is 1. The molecule has 32 heavy (non-hydrogen) atoms. The molecule has 6 nitrogen and oxygen atoms in total. The first kappa shape index (κ1) is 23.1. The third-order valence-corrected chi connectivity index (χ3v) is 8.40. The summed E-state index contributed by atoms with van der Waals surface area (Å²) in [5.41, 5.74) is 0.656. The lowest BCUT2D eigenvalue weighted by molar-refractivity contribution is -0.137. The Morgan fingerprint density at radius 3 is 2.47 bits per heavy atom. The van der Waals surface area contributed by atoms with E-state index in [2.05, 4.69) is 4.98 Å². The monoisotopic (exact) mass is 485 g/mol. The average Bonchev–Trinajstić information content (AvgIpc) is 3.32. The maximum Gasteiger partial charge on any atom is 0.417 e. The molecule has 2 aliphatic rings. The molecule has 0 saturated carbocycles. The van der Waals surface area contributed by atoms with Gasteiger partial charge in [0.25, 0.3) is 0 Å². The molecule has 2 aliphatic heterocycles. The van der Waals surface area contributed by atoms with Crippen LogP contribution in [0.15, 0.2) is 46.5 Å². The number of pyridine rings is 1. The summed E-state index contributed by atoms with van der Waals surface area (Å²) in [4.78, 5) is 18.5. The molecule has 3 heterocycles. The van der Waals surface area contributed by atoms with E-state index in [0.717, 1.165) is 42.4 Å². The molecule has 172 valence electrons. The van der Waals surface area contributed by atoms with Crippen LogP contribution >= 0.6 is 11.8 Å². The molecule has 2 aromatic rings. The number of sulfonamides is 1. The van der Waals surface area contributed by atoms with E-state index in [1.165, 1.54) is 10.4 Å². The second kappa shape index (κ2) is 9.03. The predicted molar refractivity (Wildman–Crippen MR) is 115 cm³/mol. The first-order valence-electron chi connectivity index (χ1n) is 10.3. The Morgan fingerprint density at radius 1 is 1.06 bits per heavy atom. The van der Waals surface area contributed by atoms with E-state index in [4.69, 9.17) is 0 Å². The van der Waals surface area contributed by atoms with Crippen molar-refractivity contribution < 1.29 is 26.4 Å². The van der Waals surface area contributed by atoms with Gasteiger partial charge in [-0.1, -0.05) is 11.8 Å². The molecule has 1 saturated heterocycles. The summed E-state index contributed by atoms with van der Waals surface area (Å²) in [7, 11) is -3.53. The quantitative estimate of drug-likeness (QED) is 0.600. The summed E-state index contributed by atoms with van der Waals surface area (Å²) in [6, 6.07) is 7.07. The Labute approximate surface area is 188 Å². The number of hydrogen-bond acceptors (Lipinski definition) is 5. The number of thioether (sulfide) groups is 1. The highest BCUT2D eigenvalue weighted by Crippen LogP contribution is 2.33. The van der Waals surface area contributed by atoms with Gasteiger partial charge in [0.1, 0.15) is 0 Å². The first-order valence-corrected chi connectivity index (χ1v) is 12.7. The number of anilines is 1. The number of carbonyl (C=O) groups excluding carboxylic acids is 1. The number of fused-ring (bicyclic) bond motifs is 1. The minimum Gasteiger partial charge on any atom is -0.311 e. The van der Waals surface area contributed by atoms with E-state index in [1.54, 1.807) is 23.1 Å². The minimum absolute atomic E-state index is 0.0195. The van der Waals surface area contributed by atoms with Crippen LogP contribution in [0.4, 0.5) is 18.9 Å². The van der Waals surface area contributed by atoms with Gasteiger partial charge in [0.2, 0.25) is 15.9 Å². The maximum atomic E-state index is 12.8. The summed E-state index contributed by atoms with van der Waals surface area (Å²) >= 11 is 1.07. The van der Waals surface area contributed by atoms with Gasteiger partial charge in [-0.3, -0.25) is 4.79 Å². The summed E-state index contributed by atoms with van der Waals surface area (Å²) in [5, 5.41) is 0.329. The number of halogens is 3. The number of nitrogens with zero attached hydrogens (tertiary/aromatic N) is 3. The molecule has 0 unspecified atom stereocenters. The van der Waals surface area contributed by atoms with Crippen molar-refractivity contribution in [2.75, 3.05) is 30.3 Å². The van der Waals surface area contributed by atoms with Gasteiger partial charge in [-0.2, -0.15) is 17.5 Å². The van der Waals surface area contributed by atoms with Crippen molar-refractivity contribution in [1.82, 2.24) is 9.29 Å². The van der Waals surface area contributed by atoms with Crippen LogP contribution in [0, 0.1) is 0 Å². The van der Waals surface area contributed by atoms with Crippen LogP contribution in [0.1, 0.15) is 30.4 Å². The van der Waals surface area contributed by atoms with Crippen molar-refractivity contribution in [2.45, 2.75) is 41.8 Å². The third-order valence-electron chi connectivity index (χ3n) is 5.58. The fourth-order valence-electron chi connectivity index (χ4n) is 3.92. The largest absolute Gasteiger partial charge is 0.417 e. The Morgan fingerprint density at radius 2 is 1.81 bits per heavy atom. The van der Waals surface area contributed by atoms with Crippen molar-refractivity contribution >= 4 is 33.4 Å². The maximum absolute atomic E-state index is 12.8. The van der Waals surface area contributed by atoms with E-state index in [-0.39, 0.29) is 16.6 Å². The standard InChI is InChI=1S/C21H22F3N3O3S2/c22-21(23,24)16-5-8-19(25-13-16)31-14-20(28)27-11-3-4-15-12-17(6-7-18(15)27)32(29,30)26-9-1-2-10-26/h5-8,12-13H,1-4,9-11,14H2. The van der Waals surface area contributed by atoms with Crippen molar-refractivity contribution in [2.24, 2.45) is 0 Å². The summed E-state index contributed by atoms with van der Waals surface area (Å²) in [6.45, 7) is 1.56. The van der Waals surface area contributed by atoms with Crippen molar-refractivity contribution in [3.63, 3.8) is 0 Å². The number of benzene rings is 1. The fourth-order valence-corrected chi connectivity index (χ4v) is 6.20. The van der Waals surface area contributed by atoms with Crippen molar-refractivity contribution in [3.05, 3.63) is 47.7 Å². The number of hydrogen-bond donors (Lipinski definition) is 0. The van der Waals surface area contributed by atoms with Crippen LogP contribution < -0.4 is 4.90 Å². The zero-order valence-corrected chi connectivity index (χ0v) is 18.8. The Kier molecular flexibility index (Phi) is 6.51. The number of rotatable bonds is 5. The summed E-state index contributed by atoms with van der Waals surface area (Å²) in [5.74, 6) is -0.182. The van der Waals surface area contributed by atoms with Crippen LogP contribution in [-0.2, 0) is 27.4 Å². The van der Waals surface area contributed by atoms with E-state index in [9.17, 15) is 26.4 Å². The van der Waals surface area contributed by atoms with Crippen molar-refractivity contribution in [3.8, 4) is 0 Å². The predicted octanol–water partition coefficient (Wildman–Crippen LogP) is 3.96. The summed E-state index contributed by atoms with van der Waals surface area (Å²) < 4.78 is 65.2. The molecule has 1 fully saturated rings. The van der Waals surface area contributed by atoms with Gasteiger partial charge in [0.05, 0.1) is 21.2 Å². The number of aromatic nitrogens is 1. The molecule has 0 spiro atoms. The molecule has 4 rings (SSSR count). The second-order valence-corrected chi connectivity index (χ2v) is 10.7. The van der Waals surface area contributed by atoms with Crippen LogP contribution in [-0.4, -0.2) is 49.0 Å². The third kappa shape index (κ3) is 4.79. The Balaban J connectivity index is 1.46. The van der Waals surface area contributed by atoms with Gasteiger partial charge in [-0.25, -0.2) is 13.4 Å². The molecule has 0 bridgehead atoms. The van der Waals surface area contributed by atoms with Gasteiger partial charge >= 0.3 is 6.18 Å². The van der Waals surface area contributed by atoms with Gasteiger partial charge in [0, 0.05) is 31.5 Å². The Hall–Kier alpha value is -2.11. The molecule has 0 radical (unpaired) electrons. The summed E-state index contributed by atoms with van der Waals surface area (Å²) in [6.07, 6.45) is -0.600. The van der Waals surface area contributed by atoms with Crippen LogP contribution in [0.3, 0.4) is 0 Å². The zero-order chi connectivity index (χ0) is 22.9. The fraction of sp³-hybridized carbons (Fsp3) is 0.429. The molecule has 1 aromatic heterocycles. The molecule has 0 aliphatic carbocycles. The number of aryl methyl sites for hydroxylation is 1. The number of alkyl halides is 3. The average molecular weight is 486 g/mol. The Bertz CT molecular complexity index is 1100. The molecular weight excluding hydrogens is 463 g/mol. The lowest BCUT2D eigenvalue weighted by atomic mass is 10.0. The SMILES string of the molecule is O=C(CSc1ccc(C(F)(F)F)cn1)N1CCCc2cc(S(=O)(=O)N3CCCC3)ccc21. The number of carbonyl (C=O) groups is 1.